The van der Waals surface area contributed by atoms with Crippen molar-refractivity contribution in [2.75, 3.05) is 18.9 Å². The summed E-state index contributed by atoms with van der Waals surface area (Å²) >= 11 is 0. The molecular weight excluding hydrogens is 622 g/mol. The number of aromatic amines is 1. The van der Waals surface area contributed by atoms with Crippen molar-refractivity contribution < 1.29 is 45.0 Å². The maximum Gasteiger partial charge on any atom is 0.336 e. The number of H-pyrrole nitrogens is 1. The number of hydrogen-bond acceptors (Lipinski definition) is 16. The number of nitrogen functional groups attached to an aromatic ring is 1. The fourth-order valence-corrected chi connectivity index (χ4v) is 7.15. The summed E-state index contributed by atoms with van der Waals surface area (Å²) in [6, 6.07) is -1.05. The van der Waals surface area contributed by atoms with Crippen molar-refractivity contribution in [1.29, 1.82) is 0 Å². The van der Waals surface area contributed by atoms with Gasteiger partial charge in [-0.05, 0) is 0 Å². The molecule has 0 aliphatic carbocycles. The van der Waals surface area contributed by atoms with Gasteiger partial charge < -0.3 is 34.1 Å². The van der Waals surface area contributed by atoms with Crippen molar-refractivity contribution >= 4 is 46.3 Å². The van der Waals surface area contributed by atoms with Gasteiger partial charge in [0, 0.05) is 6.42 Å². The Labute approximate surface area is 239 Å². The van der Waals surface area contributed by atoms with Crippen LogP contribution in [0.5, 0.6) is 0 Å². The molecule has 0 saturated carbocycles. The van der Waals surface area contributed by atoms with E-state index in [2.05, 4.69) is 34.6 Å². The second-order valence-electron chi connectivity index (χ2n) is 9.79. The lowest BCUT2D eigenvalue weighted by Crippen LogP contribution is -2.45. The van der Waals surface area contributed by atoms with Crippen LogP contribution in [-0.2, 0) is 37.6 Å². The van der Waals surface area contributed by atoms with Crippen LogP contribution >= 0.6 is 7.82 Å². The summed E-state index contributed by atoms with van der Waals surface area (Å²) in [6.45, 7) is -1.55. The number of anilines is 1. The van der Waals surface area contributed by atoms with Gasteiger partial charge in [0.15, 0.2) is 35.0 Å². The molecule has 0 amide bonds. The highest BCUT2D eigenvalue weighted by Crippen LogP contribution is 2.47. The van der Waals surface area contributed by atoms with Crippen LogP contribution in [0, 0.1) is 0 Å². The monoisotopic (exact) mass is 643 g/mol. The Balaban J connectivity index is 1.15. The topological polar surface area (TPSA) is 266 Å². The molecule has 4 aromatic rings. The maximum absolute atomic E-state index is 15.8. The fraction of sp³-hybridized carbons (Fsp3) is 0.500. The van der Waals surface area contributed by atoms with Gasteiger partial charge in [0.2, 0.25) is 0 Å². The summed E-state index contributed by atoms with van der Waals surface area (Å²) in [5, 5.41) is 0. The summed E-state index contributed by atoms with van der Waals surface area (Å²) < 4.78 is 86.1. The van der Waals surface area contributed by atoms with E-state index in [9.17, 15) is 22.7 Å². The first-order valence-corrected chi connectivity index (χ1v) is 15.5. The van der Waals surface area contributed by atoms with E-state index in [1.165, 1.54) is 17.2 Å². The van der Waals surface area contributed by atoms with Gasteiger partial charge in [-0.2, -0.15) is 13.1 Å². The van der Waals surface area contributed by atoms with Crippen LogP contribution in [0.25, 0.3) is 22.3 Å². The molecule has 1 unspecified atom stereocenters. The third-order valence-electron chi connectivity index (χ3n) is 7.17. The summed E-state index contributed by atoms with van der Waals surface area (Å²) in [4.78, 5) is 47.2. The molecule has 7 heterocycles. The molecule has 4 N–H and O–H groups in total. The van der Waals surface area contributed by atoms with Crippen molar-refractivity contribution in [1.82, 2.24) is 43.8 Å². The Bertz CT molecular complexity index is 1920. The summed E-state index contributed by atoms with van der Waals surface area (Å²) in [5.74, 6) is 0.113. The van der Waals surface area contributed by atoms with Gasteiger partial charge in [0.05, 0.1) is 38.2 Å². The molecule has 3 aliphatic rings. The molecule has 0 aromatic carbocycles. The van der Waals surface area contributed by atoms with Crippen LogP contribution in [-0.4, -0.2) is 91.2 Å². The Morgan fingerprint density at radius 2 is 1.81 bits per heavy atom. The number of nitrogens with two attached hydrogens (primary N) is 1. The molecule has 0 spiro atoms. The minimum atomic E-state index is -5.25. The zero-order valence-electron chi connectivity index (χ0n) is 21.5. The number of alkyl halides is 1. The van der Waals surface area contributed by atoms with Gasteiger partial charge in [-0.15, -0.1) is 0 Å². The maximum atomic E-state index is 15.8. The number of nitrogens with one attached hydrogen (secondary N) is 2. The van der Waals surface area contributed by atoms with Crippen molar-refractivity contribution in [3.8, 4) is 0 Å². The first-order valence-electron chi connectivity index (χ1n) is 12.6. The number of imidazole rings is 2. The van der Waals surface area contributed by atoms with Crippen molar-refractivity contribution in [3.05, 3.63) is 35.7 Å². The average Bonchev–Trinajstić information content (AvgIpc) is 3.72. The first kappa shape index (κ1) is 28.3. The van der Waals surface area contributed by atoms with Gasteiger partial charge in [-0.3, -0.25) is 22.7 Å². The lowest BCUT2D eigenvalue weighted by molar-refractivity contribution is -0.235. The molecule has 20 nitrogen and oxygen atoms in total. The molecule has 23 heteroatoms. The normalized spacial score (nSPS) is 34.9. The lowest BCUT2D eigenvalue weighted by Gasteiger charge is -2.31. The first-order chi connectivity index (χ1) is 20.5. The number of aromatic nitrogens is 8. The van der Waals surface area contributed by atoms with E-state index in [1.54, 1.807) is 0 Å². The number of phosphoric ester groups is 1. The molecule has 3 aliphatic heterocycles. The lowest BCUT2D eigenvalue weighted by atomic mass is 10.1. The minimum Gasteiger partial charge on any atom is -0.756 e. The van der Waals surface area contributed by atoms with Crippen LogP contribution in [0.3, 0.4) is 0 Å². The molecule has 3 fully saturated rings. The van der Waals surface area contributed by atoms with Crippen LogP contribution < -0.4 is 20.9 Å². The Morgan fingerprint density at radius 1 is 1.05 bits per heavy atom. The number of halogens is 1. The largest absolute Gasteiger partial charge is 0.756 e. The number of hydrogen-bond donors (Lipinski definition) is 3. The predicted octanol–water partition coefficient (Wildman–Crippen LogP) is -1.83. The molecule has 4 aromatic heterocycles. The van der Waals surface area contributed by atoms with E-state index < -0.39 is 79.9 Å². The van der Waals surface area contributed by atoms with Gasteiger partial charge in [-0.1, -0.05) is 0 Å². The van der Waals surface area contributed by atoms with E-state index in [-0.39, 0.29) is 28.9 Å². The van der Waals surface area contributed by atoms with E-state index in [0.29, 0.717) is 5.65 Å². The molecule has 230 valence electrons. The van der Waals surface area contributed by atoms with Crippen LogP contribution in [0.15, 0.2) is 30.1 Å². The van der Waals surface area contributed by atoms with Crippen LogP contribution in [0.4, 0.5) is 10.2 Å². The van der Waals surface area contributed by atoms with Gasteiger partial charge >= 0.3 is 10.3 Å². The van der Waals surface area contributed by atoms with Crippen LogP contribution in [0.1, 0.15) is 18.9 Å². The third kappa shape index (κ3) is 5.09. The number of phosphoric acid groups is 1. The highest BCUT2D eigenvalue weighted by Gasteiger charge is 2.50. The summed E-state index contributed by atoms with van der Waals surface area (Å²) in [6.07, 6.45) is -4.64. The van der Waals surface area contributed by atoms with E-state index >= 15 is 4.39 Å². The van der Waals surface area contributed by atoms with Gasteiger partial charge in [0.25, 0.3) is 13.4 Å². The number of rotatable bonds is 2. The SMILES string of the molecule is Nc1ncnc2c1ncn2[C@H]1C[C@@H]2NS(=O)(=O)OC[C@H]3O[C@@H](n4cnc5c(=O)[nH]cnc54)[C@H](F)[C@@H]3OP(=O)([O-])OC[C@H]2O1. The molecule has 8 atom stereocenters. The number of ether oxygens (including phenoxy) is 2. The number of fused-ring (bicyclic) bond motifs is 4. The molecular formula is C20H21FN10O10PS-. The van der Waals surface area contributed by atoms with Gasteiger partial charge in [-0.25, -0.2) is 29.3 Å². The van der Waals surface area contributed by atoms with Gasteiger partial charge in [0.1, 0.15) is 36.4 Å². The quantitative estimate of drug-likeness (QED) is 0.203. The third-order valence-corrected chi connectivity index (χ3v) is 9.18. The Kier molecular flexibility index (Phi) is 6.79. The number of nitrogens with zero attached hydrogens (tertiary/aromatic N) is 7. The smallest absolute Gasteiger partial charge is 0.336 e. The van der Waals surface area contributed by atoms with E-state index in [1.807, 2.05) is 0 Å². The second-order valence-corrected chi connectivity index (χ2v) is 12.5. The minimum absolute atomic E-state index is 0.0208. The van der Waals surface area contributed by atoms with Crippen molar-refractivity contribution in [2.45, 2.75) is 49.4 Å². The van der Waals surface area contributed by atoms with E-state index in [0.717, 1.165) is 17.2 Å². The zero-order valence-corrected chi connectivity index (χ0v) is 23.2. The van der Waals surface area contributed by atoms with Crippen molar-refractivity contribution in [2.24, 2.45) is 0 Å². The Hall–Kier alpha value is -3.47. The highest BCUT2D eigenvalue weighted by atomic mass is 32.2. The van der Waals surface area contributed by atoms with Crippen LogP contribution in [0.2, 0.25) is 0 Å². The predicted molar refractivity (Wildman–Crippen MR) is 135 cm³/mol. The molecule has 7 rings (SSSR count). The van der Waals surface area contributed by atoms with Crippen molar-refractivity contribution in [3.63, 3.8) is 0 Å². The standard InChI is InChI=1S/C20H22FN10O10PS/c21-12-15-10(40-20(12)31-7-28-14-18(31)25-5-26-19(14)32)3-38-43(35,36)29-8-1-11(39-9(8)2-37-42(33,34)41-15)30-6-27-13-16(22)23-4-24-17(13)30/h4-12,15,20,29H,1-3H2,(H,33,34)(H2,22,23,24)(H,25,26,32)/p-1/t8-,9+,10+,11+,12+,15+,20+/m0/s1. The highest BCUT2D eigenvalue weighted by molar-refractivity contribution is 7.84. The average molecular weight is 643 g/mol. The second kappa shape index (κ2) is 10.3. The summed E-state index contributed by atoms with van der Waals surface area (Å²) in [5.41, 5.74) is 5.62. The molecule has 43 heavy (non-hydrogen) atoms. The summed E-state index contributed by atoms with van der Waals surface area (Å²) in [7, 11) is -9.79. The molecule has 3 saturated heterocycles. The Morgan fingerprint density at radius 3 is 2.65 bits per heavy atom. The molecule has 0 bridgehead atoms. The molecule has 0 radical (unpaired) electrons. The van der Waals surface area contributed by atoms with E-state index in [4.69, 9.17) is 28.4 Å². The fourth-order valence-electron chi connectivity index (χ4n) is 5.21. The zero-order chi connectivity index (χ0) is 30.1.